The number of carbonyl (C=O) groups excluding carboxylic acids is 2. The van der Waals surface area contributed by atoms with Gasteiger partial charge >= 0.3 is 5.88 Å². The maximum Gasteiger partial charge on any atom is 0.433 e. The summed E-state index contributed by atoms with van der Waals surface area (Å²) in [6.07, 6.45) is 2.45. The summed E-state index contributed by atoms with van der Waals surface area (Å²) in [6, 6.07) is 11.8. The van der Waals surface area contributed by atoms with Gasteiger partial charge in [0, 0.05) is 16.5 Å². The lowest BCUT2D eigenvalue weighted by molar-refractivity contribution is -0.402. The van der Waals surface area contributed by atoms with Crippen molar-refractivity contribution in [2.24, 2.45) is 5.73 Å². The van der Waals surface area contributed by atoms with Gasteiger partial charge in [0.1, 0.15) is 15.7 Å². The molecular formula is C19H15N3O5S. The van der Waals surface area contributed by atoms with Gasteiger partial charge in [-0.3, -0.25) is 19.7 Å². The summed E-state index contributed by atoms with van der Waals surface area (Å²) in [5, 5.41) is 13.6. The number of carbonyl (C=O) groups is 2. The molecular weight excluding hydrogens is 382 g/mol. The average molecular weight is 397 g/mol. The Hall–Kier alpha value is -3.72. The standard InChI is InChI=1S/C19H15N3O5S/c1-11-16(12-5-3-2-4-6-12)17(18(20)24)19(28-11)21-14(23)9-7-13-8-10-15(27-13)22(25)26/h2-10H,1H3,(H2,20,24)(H,21,23). The second kappa shape index (κ2) is 7.89. The van der Waals surface area contributed by atoms with E-state index in [1.807, 2.05) is 37.3 Å². The highest BCUT2D eigenvalue weighted by Crippen LogP contribution is 2.39. The van der Waals surface area contributed by atoms with Crippen LogP contribution in [-0.2, 0) is 4.79 Å². The summed E-state index contributed by atoms with van der Waals surface area (Å²) in [4.78, 5) is 35.1. The van der Waals surface area contributed by atoms with E-state index in [0.717, 1.165) is 16.5 Å². The predicted octanol–water partition coefficient (Wildman–Crippen LogP) is 3.98. The van der Waals surface area contributed by atoms with Gasteiger partial charge in [-0.1, -0.05) is 30.3 Å². The van der Waals surface area contributed by atoms with Gasteiger partial charge in [0.2, 0.25) is 5.91 Å². The zero-order chi connectivity index (χ0) is 20.3. The van der Waals surface area contributed by atoms with Gasteiger partial charge in [-0.15, -0.1) is 11.3 Å². The van der Waals surface area contributed by atoms with E-state index in [-0.39, 0.29) is 11.3 Å². The molecule has 2 heterocycles. The number of nitrogens with zero attached hydrogens (tertiary/aromatic N) is 1. The first-order valence-corrected chi connectivity index (χ1v) is 8.90. The Morgan fingerprint density at radius 3 is 2.54 bits per heavy atom. The molecule has 3 rings (SSSR count). The van der Waals surface area contributed by atoms with Crippen LogP contribution in [0, 0.1) is 17.0 Å². The molecule has 0 bridgehead atoms. The molecule has 0 aliphatic rings. The second-order valence-corrected chi connectivity index (χ2v) is 6.95. The van der Waals surface area contributed by atoms with Crippen LogP contribution < -0.4 is 11.1 Å². The molecule has 0 saturated heterocycles. The average Bonchev–Trinajstić information content (AvgIpc) is 3.25. The summed E-state index contributed by atoms with van der Waals surface area (Å²) in [5.41, 5.74) is 7.30. The molecule has 1 aromatic carbocycles. The second-order valence-electron chi connectivity index (χ2n) is 5.72. The Balaban J connectivity index is 1.85. The zero-order valence-electron chi connectivity index (χ0n) is 14.7. The van der Waals surface area contributed by atoms with E-state index in [2.05, 4.69) is 5.32 Å². The largest absolute Gasteiger partial charge is 0.433 e. The topological polar surface area (TPSA) is 128 Å². The van der Waals surface area contributed by atoms with E-state index in [1.54, 1.807) is 0 Å². The van der Waals surface area contributed by atoms with E-state index >= 15 is 0 Å². The van der Waals surface area contributed by atoms with E-state index in [9.17, 15) is 19.7 Å². The van der Waals surface area contributed by atoms with Crippen molar-refractivity contribution in [1.29, 1.82) is 0 Å². The van der Waals surface area contributed by atoms with E-state index in [4.69, 9.17) is 10.2 Å². The van der Waals surface area contributed by atoms with Crippen molar-refractivity contribution in [3.05, 3.63) is 74.9 Å². The molecule has 28 heavy (non-hydrogen) atoms. The van der Waals surface area contributed by atoms with Crippen LogP contribution in [0.2, 0.25) is 0 Å². The van der Waals surface area contributed by atoms with Gasteiger partial charge in [-0.2, -0.15) is 0 Å². The number of nitrogens with two attached hydrogens (primary N) is 1. The summed E-state index contributed by atoms with van der Waals surface area (Å²) in [5.74, 6) is -1.44. The lowest BCUT2D eigenvalue weighted by Crippen LogP contribution is -2.16. The minimum atomic E-state index is -0.671. The summed E-state index contributed by atoms with van der Waals surface area (Å²) >= 11 is 1.24. The molecule has 8 nitrogen and oxygen atoms in total. The number of furan rings is 1. The maximum atomic E-state index is 12.2. The van der Waals surface area contributed by atoms with Crippen LogP contribution in [0.4, 0.5) is 10.9 Å². The minimum Gasteiger partial charge on any atom is -0.401 e. The first kappa shape index (κ1) is 19.1. The molecule has 2 aromatic heterocycles. The molecule has 3 N–H and O–H groups in total. The molecule has 0 unspecified atom stereocenters. The van der Waals surface area contributed by atoms with Crippen molar-refractivity contribution in [3.63, 3.8) is 0 Å². The van der Waals surface area contributed by atoms with Crippen LogP contribution in [0.3, 0.4) is 0 Å². The Kier molecular flexibility index (Phi) is 5.37. The third-order valence-corrected chi connectivity index (χ3v) is 4.84. The summed E-state index contributed by atoms with van der Waals surface area (Å²) < 4.78 is 4.95. The van der Waals surface area contributed by atoms with E-state index in [1.165, 1.54) is 29.5 Å². The van der Waals surface area contributed by atoms with Crippen molar-refractivity contribution < 1.29 is 18.9 Å². The number of hydrogen-bond acceptors (Lipinski definition) is 6. The summed E-state index contributed by atoms with van der Waals surface area (Å²) in [6.45, 7) is 1.84. The molecule has 142 valence electrons. The van der Waals surface area contributed by atoms with Crippen LogP contribution in [0.15, 0.2) is 53.0 Å². The van der Waals surface area contributed by atoms with Gasteiger partial charge in [0.05, 0.1) is 11.6 Å². The van der Waals surface area contributed by atoms with Crippen LogP contribution in [-0.4, -0.2) is 16.7 Å². The molecule has 0 atom stereocenters. The smallest absolute Gasteiger partial charge is 0.401 e. The van der Waals surface area contributed by atoms with Crippen molar-refractivity contribution in [1.82, 2.24) is 0 Å². The third-order valence-electron chi connectivity index (χ3n) is 3.82. The molecule has 0 saturated carbocycles. The SMILES string of the molecule is Cc1sc(NC(=O)C=Cc2ccc([N+](=O)[O-])o2)c(C(N)=O)c1-c1ccccc1. The number of nitro groups is 1. The molecule has 0 aliphatic heterocycles. The van der Waals surface area contributed by atoms with Gasteiger partial charge in [-0.25, -0.2) is 0 Å². The van der Waals surface area contributed by atoms with Crippen LogP contribution in [0.1, 0.15) is 21.0 Å². The fourth-order valence-corrected chi connectivity index (χ4v) is 3.75. The highest BCUT2D eigenvalue weighted by Gasteiger charge is 2.22. The number of nitrogens with one attached hydrogen (secondary N) is 1. The molecule has 0 fully saturated rings. The Morgan fingerprint density at radius 2 is 1.93 bits per heavy atom. The third kappa shape index (κ3) is 3.99. The van der Waals surface area contributed by atoms with Crippen LogP contribution >= 0.6 is 11.3 Å². The number of anilines is 1. The number of primary amides is 1. The number of aryl methyl sites for hydroxylation is 1. The highest BCUT2D eigenvalue weighted by atomic mass is 32.1. The van der Waals surface area contributed by atoms with Crippen molar-refractivity contribution in [2.45, 2.75) is 6.92 Å². The number of amides is 2. The maximum absolute atomic E-state index is 12.2. The van der Waals surface area contributed by atoms with Gasteiger partial charge < -0.3 is 15.5 Å². The number of thiophene rings is 1. The fourth-order valence-electron chi connectivity index (χ4n) is 2.66. The lowest BCUT2D eigenvalue weighted by Gasteiger charge is -2.05. The number of rotatable bonds is 6. The van der Waals surface area contributed by atoms with Crippen molar-refractivity contribution >= 4 is 40.1 Å². The van der Waals surface area contributed by atoms with Crippen LogP contribution in [0.5, 0.6) is 0 Å². The molecule has 2 amide bonds. The first-order valence-electron chi connectivity index (χ1n) is 8.08. The normalized spacial score (nSPS) is 10.9. The molecule has 9 heteroatoms. The Bertz CT molecular complexity index is 1080. The highest BCUT2D eigenvalue weighted by molar-refractivity contribution is 7.17. The Labute approximate surface area is 163 Å². The van der Waals surface area contributed by atoms with Gasteiger partial charge in [0.25, 0.3) is 5.91 Å². The molecule has 0 radical (unpaired) electrons. The quantitative estimate of drug-likeness (QED) is 0.369. The minimum absolute atomic E-state index is 0.157. The zero-order valence-corrected chi connectivity index (χ0v) is 15.5. The van der Waals surface area contributed by atoms with Gasteiger partial charge in [-0.05, 0) is 24.6 Å². The Morgan fingerprint density at radius 1 is 1.21 bits per heavy atom. The number of hydrogen-bond donors (Lipinski definition) is 2. The van der Waals surface area contributed by atoms with Crippen LogP contribution in [0.25, 0.3) is 17.2 Å². The first-order chi connectivity index (χ1) is 13.4. The molecule has 0 spiro atoms. The predicted molar refractivity (Wildman–Crippen MR) is 106 cm³/mol. The molecule has 3 aromatic rings. The fraction of sp³-hybridized carbons (Fsp3) is 0.0526. The van der Waals surface area contributed by atoms with E-state index < -0.39 is 22.6 Å². The van der Waals surface area contributed by atoms with Crippen molar-refractivity contribution in [3.8, 4) is 11.1 Å². The summed E-state index contributed by atoms with van der Waals surface area (Å²) in [7, 11) is 0. The number of benzene rings is 1. The van der Waals surface area contributed by atoms with Crippen molar-refractivity contribution in [2.75, 3.05) is 5.32 Å². The monoisotopic (exact) mass is 397 g/mol. The van der Waals surface area contributed by atoms with Gasteiger partial charge in [0.15, 0.2) is 0 Å². The molecule has 0 aliphatic carbocycles. The lowest BCUT2D eigenvalue weighted by atomic mass is 10.0. The van der Waals surface area contributed by atoms with E-state index in [0.29, 0.717) is 10.6 Å².